The Morgan fingerprint density at radius 2 is 1.74 bits per heavy atom. The lowest BCUT2D eigenvalue weighted by molar-refractivity contribution is -0.192. The van der Waals surface area contributed by atoms with Crippen LogP contribution in [0.4, 0.5) is 32.0 Å². The highest BCUT2D eigenvalue weighted by Gasteiger charge is 2.38. The topological polar surface area (TPSA) is 110 Å². The van der Waals surface area contributed by atoms with Gasteiger partial charge >= 0.3 is 12.1 Å². The van der Waals surface area contributed by atoms with Crippen molar-refractivity contribution < 1.29 is 41.0 Å². The lowest BCUT2D eigenvalue weighted by Gasteiger charge is -2.30. The Morgan fingerprint density at radius 3 is 2.32 bits per heavy atom. The van der Waals surface area contributed by atoms with Gasteiger partial charge in [-0.15, -0.1) is 0 Å². The Morgan fingerprint density at radius 1 is 1.12 bits per heavy atom. The van der Waals surface area contributed by atoms with E-state index in [1.165, 1.54) is 6.92 Å². The van der Waals surface area contributed by atoms with E-state index in [4.69, 9.17) is 15.6 Å². The van der Waals surface area contributed by atoms with E-state index in [9.17, 15) is 31.1 Å². The highest BCUT2D eigenvalue weighted by atomic mass is 19.4. The van der Waals surface area contributed by atoms with E-state index in [2.05, 4.69) is 10.3 Å². The number of rotatable bonds is 2. The minimum Gasteiger partial charge on any atom is -0.475 e. The number of aliphatic carboxylic acids is 1. The molecule has 1 aliphatic heterocycles. The molecule has 0 bridgehead atoms. The van der Waals surface area contributed by atoms with E-state index in [-0.39, 0.29) is 11.5 Å². The quantitative estimate of drug-likeness (QED) is 0.376. The maximum absolute atomic E-state index is 14.2. The van der Waals surface area contributed by atoms with Crippen molar-refractivity contribution in [2.45, 2.75) is 38.0 Å². The van der Waals surface area contributed by atoms with Gasteiger partial charge in [-0.25, -0.2) is 22.9 Å². The first-order chi connectivity index (χ1) is 15.8. The Kier molecular flexibility index (Phi) is 6.87. The molecule has 0 aliphatic carbocycles. The fourth-order valence-electron chi connectivity index (χ4n) is 3.67. The van der Waals surface area contributed by atoms with Gasteiger partial charge in [0.15, 0.2) is 11.6 Å². The van der Waals surface area contributed by atoms with Crippen molar-refractivity contribution >= 4 is 28.6 Å². The van der Waals surface area contributed by atoms with E-state index in [0.717, 1.165) is 11.6 Å². The van der Waals surface area contributed by atoms with Gasteiger partial charge in [0.25, 0.3) is 0 Å². The number of anilines is 1. The van der Waals surface area contributed by atoms with Gasteiger partial charge in [-0.3, -0.25) is 4.79 Å². The molecule has 7 nitrogen and oxygen atoms in total. The van der Waals surface area contributed by atoms with E-state index in [1.54, 1.807) is 12.1 Å². The Balaban J connectivity index is 0.000000406. The van der Waals surface area contributed by atoms with Crippen LogP contribution in [0.5, 0.6) is 0 Å². The van der Waals surface area contributed by atoms with E-state index in [0.29, 0.717) is 36.1 Å². The molecule has 1 aromatic heterocycles. The molecule has 0 radical (unpaired) electrons. The maximum Gasteiger partial charge on any atom is 0.490 e. The zero-order chi connectivity index (χ0) is 25.4. The fraction of sp³-hybridized carbons (Fsp3) is 0.286. The molecule has 0 saturated carbocycles. The first-order valence-electron chi connectivity index (χ1n) is 9.74. The van der Waals surface area contributed by atoms with Crippen molar-refractivity contribution in [2.24, 2.45) is 5.73 Å². The minimum absolute atomic E-state index is 0.0543. The lowest BCUT2D eigenvalue weighted by atomic mass is 9.86. The summed E-state index contributed by atoms with van der Waals surface area (Å²) in [5.41, 5.74) is 8.44. The van der Waals surface area contributed by atoms with Crippen LogP contribution in [0.15, 0.2) is 30.3 Å². The summed E-state index contributed by atoms with van der Waals surface area (Å²) in [6.45, 7) is 1.79. The number of hydrogen-bond donors (Lipinski definition) is 3. The molecule has 0 unspecified atom stereocenters. The number of carbonyl (C=O) groups excluding carboxylic acids is 1. The molecule has 34 heavy (non-hydrogen) atoms. The predicted molar refractivity (Wildman–Crippen MR) is 108 cm³/mol. The second-order valence-electron chi connectivity index (χ2n) is 7.59. The average molecular weight is 488 g/mol. The van der Waals surface area contributed by atoms with Crippen LogP contribution in [0.2, 0.25) is 0 Å². The molecule has 1 aliphatic rings. The molecule has 4 rings (SSSR count). The van der Waals surface area contributed by atoms with Gasteiger partial charge in [0.2, 0.25) is 5.91 Å². The Hall–Kier alpha value is -3.61. The van der Waals surface area contributed by atoms with Crippen molar-refractivity contribution in [2.75, 3.05) is 5.32 Å². The fourth-order valence-corrected chi connectivity index (χ4v) is 3.67. The number of halogens is 6. The number of alkyl halides is 3. The van der Waals surface area contributed by atoms with Crippen molar-refractivity contribution in [3.63, 3.8) is 0 Å². The highest BCUT2D eigenvalue weighted by molar-refractivity contribution is 5.91. The first-order valence-corrected chi connectivity index (χ1v) is 9.74. The molecule has 2 aromatic carbocycles. The molecule has 0 fully saturated rings. The number of fused-ring (bicyclic) bond motifs is 3. The number of nitrogens with zero attached hydrogens (tertiary/aromatic N) is 2. The van der Waals surface area contributed by atoms with Crippen LogP contribution in [0.25, 0.3) is 11.0 Å². The molecule has 3 aromatic rings. The lowest BCUT2D eigenvalue weighted by Crippen LogP contribution is -2.39. The van der Waals surface area contributed by atoms with Crippen molar-refractivity contribution in [1.29, 1.82) is 0 Å². The molecule has 182 valence electrons. The first kappa shape index (κ1) is 25.0. The summed E-state index contributed by atoms with van der Waals surface area (Å²) in [6, 6.07) is 6.30. The summed E-state index contributed by atoms with van der Waals surface area (Å²) in [4.78, 5) is 24.7. The zero-order valence-electron chi connectivity index (χ0n) is 17.5. The molecule has 2 atom stereocenters. The van der Waals surface area contributed by atoms with Crippen LogP contribution < -0.4 is 11.1 Å². The number of amides is 1. The molecular weight excluding hydrogens is 470 g/mol. The van der Waals surface area contributed by atoms with Gasteiger partial charge < -0.3 is 20.7 Å². The number of hydrogen-bond acceptors (Lipinski definition) is 4. The van der Waals surface area contributed by atoms with E-state index in [1.807, 2.05) is 10.6 Å². The molecule has 1 amide bonds. The highest BCUT2D eigenvalue weighted by Crippen LogP contribution is 2.34. The standard InChI is InChI=1S/C19H17F3N4O.C2HF3O2/c1-9(27)24-10-2-3-18-17(4-10)25-19-6-12(16(23)8-26(18)19)11-5-14(21)15(22)7-13(11)20;3-2(4,5)1(6)7/h2-5,7,12,16H,6,8,23H2,1H3,(H,24,27);(H,6,7)/t12-,16+;/m1./s1. The summed E-state index contributed by atoms with van der Waals surface area (Å²) >= 11 is 0. The van der Waals surface area contributed by atoms with Gasteiger partial charge in [0.1, 0.15) is 11.6 Å². The summed E-state index contributed by atoms with van der Waals surface area (Å²) in [5, 5.41) is 9.83. The summed E-state index contributed by atoms with van der Waals surface area (Å²) in [7, 11) is 0. The van der Waals surface area contributed by atoms with Crippen LogP contribution >= 0.6 is 0 Å². The second kappa shape index (κ2) is 9.33. The summed E-state index contributed by atoms with van der Waals surface area (Å²) in [5.74, 6) is -5.91. The number of carboxylic acid groups (broad SMARTS) is 1. The van der Waals surface area contributed by atoms with Crippen molar-refractivity contribution in [3.8, 4) is 0 Å². The van der Waals surface area contributed by atoms with Gasteiger partial charge in [-0.05, 0) is 29.8 Å². The number of aromatic nitrogens is 2. The Labute approximate surface area is 188 Å². The third-order valence-electron chi connectivity index (χ3n) is 5.14. The molecule has 13 heteroatoms. The van der Waals surface area contributed by atoms with Crippen LogP contribution in [0.1, 0.15) is 24.2 Å². The van der Waals surface area contributed by atoms with E-state index < -0.39 is 41.6 Å². The van der Waals surface area contributed by atoms with Crippen molar-refractivity contribution in [3.05, 3.63) is 59.2 Å². The number of nitrogens with two attached hydrogens (primary N) is 1. The monoisotopic (exact) mass is 488 g/mol. The third kappa shape index (κ3) is 5.30. The molecule has 0 spiro atoms. The van der Waals surface area contributed by atoms with Gasteiger partial charge in [-0.1, -0.05) is 0 Å². The number of carbonyl (C=O) groups is 2. The summed E-state index contributed by atoms with van der Waals surface area (Å²) < 4.78 is 74.7. The normalized spacial score (nSPS) is 17.5. The van der Waals surface area contributed by atoms with E-state index >= 15 is 0 Å². The van der Waals surface area contributed by atoms with Gasteiger partial charge in [-0.2, -0.15) is 13.2 Å². The molecule has 2 heterocycles. The van der Waals surface area contributed by atoms with Crippen LogP contribution in [0, 0.1) is 17.5 Å². The van der Waals surface area contributed by atoms with Crippen LogP contribution in [0.3, 0.4) is 0 Å². The number of imidazole rings is 1. The SMILES string of the molecule is CC(=O)Nc1ccc2c(c1)nc1n2C[C@H](N)[C@@H](c2cc(F)c(F)cc2F)C1.O=C(O)C(F)(F)F. The maximum atomic E-state index is 14.2. The van der Waals surface area contributed by atoms with Crippen molar-refractivity contribution in [1.82, 2.24) is 9.55 Å². The smallest absolute Gasteiger partial charge is 0.475 e. The minimum atomic E-state index is -5.08. The molecular formula is C21H18F6N4O3. The average Bonchev–Trinajstić information content (AvgIpc) is 3.06. The van der Waals surface area contributed by atoms with Gasteiger partial charge in [0.05, 0.1) is 11.0 Å². The number of nitrogens with one attached hydrogen (secondary N) is 1. The zero-order valence-corrected chi connectivity index (χ0v) is 17.5. The molecule has 4 N–H and O–H groups in total. The van der Waals surface area contributed by atoms with Crippen LogP contribution in [-0.4, -0.2) is 38.8 Å². The van der Waals surface area contributed by atoms with Crippen LogP contribution in [-0.2, 0) is 22.6 Å². The number of benzene rings is 2. The predicted octanol–water partition coefficient (Wildman–Crippen LogP) is 3.71. The summed E-state index contributed by atoms with van der Waals surface area (Å²) in [6.07, 6.45) is -4.78. The second-order valence-corrected chi connectivity index (χ2v) is 7.59. The largest absolute Gasteiger partial charge is 0.490 e. The molecule has 0 saturated heterocycles. The number of carboxylic acids is 1. The third-order valence-corrected chi connectivity index (χ3v) is 5.14. The Bertz CT molecular complexity index is 1260. The van der Waals surface area contributed by atoms with Gasteiger partial charge in [0, 0.05) is 43.6 Å².